The second-order valence-electron chi connectivity index (χ2n) is 7.90. The standard InChI is InChI=1S/C26H24N2O5/c1-30-22-5-3-17(13-23(22)31-2)9-12-28-15-20-21(32-16-28)6-4-19-25(29)24(33-26(19)20)14-18-7-10-27-11-8-18/h3-8,10-11,13-14H,9,12,15-16H2,1-2H3. The SMILES string of the molecule is COc1ccc(CCN2COc3ccc4c(c3C2)OC(=Cc2ccncc2)C4=O)cc1OC. The van der Waals surface area contributed by atoms with Crippen LogP contribution < -0.4 is 18.9 Å². The first kappa shape index (κ1) is 21.0. The molecule has 0 atom stereocenters. The number of nitrogens with zero attached hydrogens (tertiary/aromatic N) is 2. The van der Waals surface area contributed by atoms with Gasteiger partial charge in [-0.3, -0.25) is 14.7 Å². The summed E-state index contributed by atoms with van der Waals surface area (Å²) in [4.78, 5) is 19.1. The molecule has 7 nitrogen and oxygen atoms in total. The zero-order chi connectivity index (χ0) is 22.8. The summed E-state index contributed by atoms with van der Waals surface area (Å²) in [5.74, 6) is 2.97. The van der Waals surface area contributed by atoms with Gasteiger partial charge in [0.2, 0.25) is 5.78 Å². The zero-order valence-electron chi connectivity index (χ0n) is 18.5. The minimum absolute atomic E-state index is 0.118. The Morgan fingerprint density at radius 1 is 1.06 bits per heavy atom. The molecule has 0 N–H and O–H groups in total. The summed E-state index contributed by atoms with van der Waals surface area (Å²) in [6, 6.07) is 13.3. The molecular weight excluding hydrogens is 420 g/mol. The number of carbonyl (C=O) groups is 1. The maximum atomic E-state index is 12.9. The van der Waals surface area contributed by atoms with E-state index in [-0.39, 0.29) is 5.78 Å². The maximum Gasteiger partial charge on any atom is 0.231 e. The van der Waals surface area contributed by atoms with Gasteiger partial charge in [-0.1, -0.05) is 6.07 Å². The number of carbonyl (C=O) groups excluding carboxylic acids is 1. The van der Waals surface area contributed by atoms with Gasteiger partial charge in [0.1, 0.15) is 18.2 Å². The van der Waals surface area contributed by atoms with Crippen LogP contribution in [0.5, 0.6) is 23.0 Å². The van der Waals surface area contributed by atoms with Crippen LogP contribution in [-0.4, -0.2) is 43.2 Å². The molecule has 1 aromatic heterocycles. The van der Waals surface area contributed by atoms with E-state index in [1.165, 1.54) is 0 Å². The number of fused-ring (bicyclic) bond motifs is 3. The molecule has 3 heterocycles. The molecule has 2 aliphatic heterocycles. The minimum Gasteiger partial charge on any atom is -0.493 e. The van der Waals surface area contributed by atoms with Gasteiger partial charge in [-0.2, -0.15) is 0 Å². The molecule has 0 spiro atoms. The molecule has 0 radical (unpaired) electrons. The molecule has 168 valence electrons. The average molecular weight is 444 g/mol. The molecule has 0 bridgehead atoms. The zero-order valence-corrected chi connectivity index (χ0v) is 18.5. The van der Waals surface area contributed by atoms with Crippen LogP contribution in [0.1, 0.15) is 27.0 Å². The van der Waals surface area contributed by atoms with Gasteiger partial charge in [-0.05, 0) is 60.0 Å². The molecule has 0 unspecified atom stereocenters. The third-order valence-corrected chi connectivity index (χ3v) is 5.85. The van der Waals surface area contributed by atoms with Gasteiger partial charge in [0.25, 0.3) is 0 Å². The van der Waals surface area contributed by atoms with Crippen LogP contribution in [0.25, 0.3) is 6.08 Å². The van der Waals surface area contributed by atoms with Crippen molar-refractivity contribution < 1.29 is 23.7 Å². The number of hydrogen-bond donors (Lipinski definition) is 0. The van der Waals surface area contributed by atoms with E-state index in [9.17, 15) is 4.79 Å². The van der Waals surface area contributed by atoms with Gasteiger partial charge in [0.15, 0.2) is 17.3 Å². The molecule has 0 saturated carbocycles. The van der Waals surface area contributed by atoms with Crippen molar-refractivity contribution in [1.82, 2.24) is 9.88 Å². The number of aromatic nitrogens is 1. The van der Waals surface area contributed by atoms with Gasteiger partial charge in [0, 0.05) is 25.5 Å². The Hall–Kier alpha value is -3.84. The van der Waals surface area contributed by atoms with Crippen molar-refractivity contribution in [3.63, 3.8) is 0 Å². The van der Waals surface area contributed by atoms with Gasteiger partial charge >= 0.3 is 0 Å². The van der Waals surface area contributed by atoms with E-state index in [0.29, 0.717) is 41.8 Å². The van der Waals surface area contributed by atoms with Crippen molar-refractivity contribution in [3.05, 3.63) is 82.9 Å². The Balaban J connectivity index is 1.33. The van der Waals surface area contributed by atoms with Crippen molar-refractivity contribution in [2.45, 2.75) is 13.0 Å². The van der Waals surface area contributed by atoms with Crippen molar-refractivity contribution in [3.8, 4) is 23.0 Å². The summed E-state index contributed by atoms with van der Waals surface area (Å²) in [6.07, 6.45) is 5.94. The van der Waals surface area contributed by atoms with Crippen LogP contribution in [-0.2, 0) is 13.0 Å². The van der Waals surface area contributed by atoms with Crippen molar-refractivity contribution in [2.24, 2.45) is 0 Å². The Morgan fingerprint density at radius 2 is 1.88 bits per heavy atom. The van der Waals surface area contributed by atoms with Gasteiger partial charge in [-0.25, -0.2) is 0 Å². The quantitative estimate of drug-likeness (QED) is 0.530. The highest BCUT2D eigenvalue weighted by molar-refractivity contribution is 6.15. The van der Waals surface area contributed by atoms with Crippen molar-refractivity contribution in [1.29, 1.82) is 0 Å². The molecule has 0 amide bonds. The monoisotopic (exact) mass is 444 g/mol. The Kier molecular flexibility index (Phi) is 5.71. The summed E-state index contributed by atoms with van der Waals surface area (Å²) in [7, 11) is 3.26. The van der Waals surface area contributed by atoms with Gasteiger partial charge < -0.3 is 18.9 Å². The summed E-state index contributed by atoms with van der Waals surface area (Å²) < 4.78 is 22.8. The second kappa shape index (κ2) is 8.96. The normalized spacial score (nSPS) is 16.1. The molecule has 0 fully saturated rings. The summed E-state index contributed by atoms with van der Waals surface area (Å²) in [6.45, 7) is 1.90. The minimum atomic E-state index is -0.118. The number of hydrogen-bond acceptors (Lipinski definition) is 7. The third kappa shape index (κ3) is 4.15. The van der Waals surface area contributed by atoms with Gasteiger partial charge in [0.05, 0.1) is 25.3 Å². The second-order valence-corrected chi connectivity index (χ2v) is 7.90. The lowest BCUT2D eigenvalue weighted by atomic mass is 10.0. The van der Waals surface area contributed by atoms with Crippen LogP contribution in [0, 0.1) is 0 Å². The number of benzene rings is 2. The smallest absolute Gasteiger partial charge is 0.231 e. The van der Waals surface area contributed by atoms with Gasteiger partial charge in [-0.15, -0.1) is 0 Å². The molecule has 2 aliphatic rings. The van der Waals surface area contributed by atoms with E-state index >= 15 is 0 Å². The molecule has 5 rings (SSSR count). The Morgan fingerprint density at radius 3 is 2.67 bits per heavy atom. The average Bonchev–Trinajstić information content (AvgIpc) is 3.18. The molecule has 2 aromatic carbocycles. The summed E-state index contributed by atoms with van der Waals surface area (Å²) >= 11 is 0. The third-order valence-electron chi connectivity index (χ3n) is 5.85. The topological polar surface area (TPSA) is 70.1 Å². The fourth-order valence-electron chi connectivity index (χ4n) is 4.08. The lowest BCUT2D eigenvalue weighted by molar-refractivity contribution is 0.0949. The first-order valence-corrected chi connectivity index (χ1v) is 10.7. The van der Waals surface area contributed by atoms with Crippen molar-refractivity contribution >= 4 is 11.9 Å². The highest BCUT2D eigenvalue weighted by atomic mass is 16.5. The molecule has 33 heavy (non-hydrogen) atoms. The molecule has 0 aliphatic carbocycles. The molecule has 3 aromatic rings. The van der Waals surface area contributed by atoms with E-state index < -0.39 is 0 Å². The van der Waals surface area contributed by atoms with E-state index in [2.05, 4.69) is 9.88 Å². The van der Waals surface area contributed by atoms with Crippen LogP contribution in [0.15, 0.2) is 60.6 Å². The Bertz CT molecular complexity index is 1220. The fraction of sp³-hybridized carbons (Fsp3) is 0.231. The van der Waals surface area contributed by atoms with E-state index in [1.807, 2.05) is 36.4 Å². The molecule has 0 saturated heterocycles. The number of rotatable bonds is 6. The van der Waals surface area contributed by atoms with Crippen LogP contribution in [0.3, 0.4) is 0 Å². The first-order valence-electron chi connectivity index (χ1n) is 10.7. The number of pyridine rings is 1. The lowest BCUT2D eigenvalue weighted by Gasteiger charge is -2.29. The number of Topliss-reactive ketones (excluding diaryl/α,β-unsaturated/α-hetero) is 1. The number of methoxy groups -OCH3 is 2. The highest BCUT2D eigenvalue weighted by Crippen LogP contribution is 2.42. The number of ketones is 1. The van der Waals surface area contributed by atoms with E-state index in [0.717, 1.165) is 35.4 Å². The fourth-order valence-corrected chi connectivity index (χ4v) is 4.08. The predicted molar refractivity (Wildman–Crippen MR) is 123 cm³/mol. The molecular formula is C26H24N2O5. The summed E-state index contributed by atoms with van der Waals surface area (Å²) in [5, 5.41) is 0. The van der Waals surface area contributed by atoms with Crippen LogP contribution in [0.4, 0.5) is 0 Å². The van der Waals surface area contributed by atoms with E-state index in [4.69, 9.17) is 18.9 Å². The number of allylic oxidation sites excluding steroid dienone is 1. The van der Waals surface area contributed by atoms with E-state index in [1.54, 1.807) is 38.8 Å². The Labute approximate surface area is 192 Å². The van der Waals surface area contributed by atoms with Crippen molar-refractivity contribution in [2.75, 3.05) is 27.5 Å². The molecule has 7 heteroatoms. The highest BCUT2D eigenvalue weighted by Gasteiger charge is 2.33. The summed E-state index contributed by atoms with van der Waals surface area (Å²) in [5.41, 5.74) is 3.48. The largest absolute Gasteiger partial charge is 0.493 e. The maximum absolute atomic E-state index is 12.9. The number of ether oxygens (including phenoxy) is 4. The van der Waals surface area contributed by atoms with Crippen LogP contribution >= 0.6 is 0 Å². The van der Waals surface area contributed by atoms with Crippen LogP contribution in [0.2, 0.25) is 0 Å². The first-order chi connectivity index (χ1) is 16.2. The predicted octanol–water partition coefficient (Wildman–Crippen LogP) is 4.11. The lowest BCUT2D eigenvalue weighted by Crippen LogP contribution is -2.33.